The van der Waals surface area contributed by atoms with E-state index in [0.717, 1.165) is 52.6 Å². The van der Waals surface area contributed by atoms with Gasteiger partial charge in [0.2, 0.25) is 0 Å². The fraction of sp³-hybridized carbons (Fsp3) is 0.167. The average molecular weight is 593 g/mol. The molecule has 212 valence electrons. The Bertz CT molecular complexity index is 2030. The number of aryl methyl sites for hydroxylation is 2. The first-order valence-corrected chi connectivity index (χ1v) is 15.3. The van der Waals surface area contributed by atoms with Gasteiger partial charge in [0.15, 0.2) is 0 Å². The Hall–Kier alpha value is -4.00. The van der Waals surface area contributed by atoms with Crippen LogP contribution in [0.2, 0.25) is 0 Å². The van der Waals surface area contributed by atoms with Gasteiger partial charge < -0.3 is 8.83 Å². The molecule has 0 aliphatic carbocycles. The molecule has 0 radical (unpaired) electrons. The van der Waals surface area contributed by atoms with Crippen molar-refractivity contribution >= 4 is 45.5 Å². The van der Waals surface area contributed by atoms with Crippen molar-refractivity contribution in [1.29, 1.82) is 0 Å². The normalized spacial score (nSPS) is 12.3. The second-order valence-corrected chi connectivity index (χ2v) is 12.5. The molecule has 42 heavy (non-hydrogen) atoms. The number of thioether (sulfide) groups is 1. The molecule has 0 bridgehead atoms. The Morgan fingerprint density at radius 3 is 2.00 bits per heavy atom. The largest absolute Gasteiger partial charge is 0.422 e. The van der Waals surface area contributed by atoms with E-state index in [4.69, 9.17) is 8.83 Å². The van der Waals surface area contributed by atoms with Gasteiger partial charge in [0.1, 0.15) is 11.2 Å². The minimum atomic E-state index is -0.473. The molecule has 5 rings (SSSR count). The maximum Gasteiger partial charge on any atom is 0.340 e. The fourth-order valence-electron chi connectivity index (χ4n) is 4.66. The van der Waals surface area contributed by atoms with Crippen LogP contribution in [0.15, 0.2) is 135 Å². The van der Waals surface area contributed by atoms with Crippen LogP contribution >= 0.6 is 23.5 Å². The van der Waals surface area contributed by atoms with Crippen molar-refractivity contribution in [3.8, 4) is 0 Å². The van der Waals surface area contributed by atoms with Gasteiger partial charge in [-0.25, -0.2) is 9.59 Å². The smallest absolute Gasteiger partial charge is 0.340 e. The lowest BCUT2D eigenvalue weighted by molar-refractivity contribution is 0.536. The summed E-state index contributed by atoms with van der Waals surface area (Å²) >= 11 is 3.03. The maximum atomic E-state index is 13.7. The van der Waals surface area contributed by atoms with Crippen LogP contribution in [-0.2, 0) is 6.42 Å². The van der Waals surface area contributed by atoms with Gasteiger partial charge in [0, 0.05) is 36.8 Å². The molecule has 2 heterocycles. The summed E-state index contributed by atoms with van der Waals surface area (Å²) in [5, 5.41) is 1.63. The average Bonchev–Trinajstić information content (AvgIpc) is 2.96. The van der Waals surface area contributed by atoms with E-state index in [1.807, 2.05) is 69.3 Å². The summed E-state index contributed by atoms with van der Waals surface area (Å²) in [4.78, 5) is 30.9. The van der Waals surface area contributed by atoms with Crippen molar-refractivity contribution in [1.82, 2.24) is 0 Å². The molecule has 0 spiro atoms. The predicted octanol–water partition coefficient (Wildman–Crippen LogP) is 9.78. The van der Waals surface area contributed by atoms with Gasteiger partial charge >= 0.3 is 11.3 Å². The van der Waals surface area contributed by atoms with Gasteiger partial charge in [-0.2, -0.15) is 0 Å². The zero-order chi connectivity index (χ0) is 30.0. The van der Waals surface area contributed by atoms with Crippen LogP contribution in [0.1, 0.15) is 43.0 Å². The molecular weight excluding hydrogens is 561 g/mol. The van der Waals surface area contributed by atoms with Crippen molar-refractivity contribution in [2.24, 2.45) is 0 Å². The molecule has 0 aliphatic rings. The number of benzene rings is 3. The van der Waals surface area contributed by atoms with Crippen molar-refractivity contribution in [2.45, 2.75) is 55.7 Å². The van der Waals surface area contributed by atoms with Crippen LogP contribution in [-0.4, -0.2) is 0 Å². The molecule has 0 amide bonds. The van der Waals surface area contributed by atoms with Crippen molar-refractivity contribution in [2.75, 3.05) is 0 Å². The molecule has 0 atom stereocenters. The third-order valence-electron chi connectivity index (χ3n) is 7.03. The summed E-state index contributed by atoms with van der Waals surface area (Å²) in [6.07, 6.45) is 4.11. The van der Waals surface area contributed by atoms with Crippen LogP contribution in [0.3, 0.4) is 0 Å². The van der Waals surface area contributed by atoms with Gasteiger partial charge in [-0.15, -0.1) is 0 Å². The Kier molecular flexibility index (Phi) is 8.76. The Morgan fingerprint density at radius 2 is 1.40 bits per heavy atom. The molecule has 0 N–H and O–H groups in total. The third-order valence-corrected chi connectivity index (χ3v) is 9.69. The monoisotopic (exact) mass is 592 g/mol. The molecule has 3 aromatic carbocycles. The highest BCUT2D eigenvalue weighted by molar-refractivity contribution is 8.03. The summed E-state index contributed by atoms with van der Waals surface area (Å²) in [5.74, 6) is 0. The molecule has 0 unspecified atom stereocenters. The van der Waals surface area contributed by atoms with Gasteiger partial charge in [0.05, 0.1) is 11.1 Å². The summed E-state index contributed by atoms with van der Waals surface area (Å²) in [7, 11) is 0. The van der Waals surface area contributed by atoms with Crippen molar-refractivity contribution in [3.63, 3.8) is 0 Å². The molecule has 2 aromatic heterocycles. The second-order valence-electron chi connectivity index (χ2n) is 10.4. The number of hydrogen-bond acceptors (Lipinski definition) is 6. The summed E-state index contributed by atoms with van der Waals surface area (Å²) < 4.78 is 11.6. The lowest BCUT2D eigenvalue weighted by Crippen LogP contribution is -2.16. The van der Waals surface area contributed by atoms with Crippen molar-refractivity contribution < 1.29 is 8.83 Å². The summed E-state index contributed by atoms with van der Waals surface area (Å²) in [6, 6.07) is 21.3. The molecule has 0 saturated heterocycles. The molecule has 0 saturated carbocycles. The van der Waals surface area contributed by atoms with Gasteiger partial charge in [0.25, 0.3) is 0 Å². The predicted molar refractivity (Wildman–Crippen MR) is 176 cm³/mol. The highest BCUT2D eigenvalue weighted by Gasteiger charge is 2.23. The van der Waals surface area contributed by atoms with E-state index in [1.54, 1.807) is 12.1 Å². The van der Waals surface area contributed by atoms with Crippen LogP contribution in [0.5, 0.6) is 0 Å². The first-order valence-electron chi connectivity index (χ1n) is 13.7. The number of fused-ring (bicyclic) bond motifs is 2. The molecule has 4 nitrogen and oxygen atoms in total. The van der Waals surface area contributed by atoms with E-state index in [0.29, 0.717) is 22.3 Å². The Labute approximate surface area is 253 Å². The zero-order valence-electron chi connectivity index (χ0n) is 24.4. The summed E-state index contributed by atoms with van der Waals surface area (Å²) in [5.41, 5.74) is 5.10. The van der Waals surface area contributed by atoms with E-state index >= 15 is 0 Å². The first kappa shape index (κ1) is 29.5. The lowest BCUT2D eigenvalue weighted by atomic mass is 10.0. The Morgan fingerprint density at radius 1 is 0.833 bits per heavy atom. The van der Waals surface area contributed by atoms with E-state index in [1.165, 1.54) is 23.5 Å². The van der Waals surface area contributed by atoms with Crippen LogP contribution in [0.25, 0.3) is 21.9 Å². The second kappa shape index (κ2) is 12.5. The zero-order valence-corrected chi connectivity index (χ0v) is 26.0. The summed E-state index contributed by atoms with van der Waals surface area (Å²) in [6.45, 7) is 14.1. The van der Waals surface area contributed by atoms with Gasteiger partial charge in [-0.1, -0.05) is 90.3 Å². The van der Waals surface area contributed by atoms with Crippen LogP contribution in [0, 0.1) is 13.8 Å². The number of para-hydroxylation sites is 2. The first-order chi connectivity index (χ1) is 20.2. The Balaban J connectivity index is 1.76. The minimum Gasteiger partial charge on any atom is -0.422 e. The van der Waals surface area contributed by atoms with Crippen LogP contribution in [0.4, 0.5) is 0 Å². The standard InChI is InChI=1S/C36H32O4S2/c1-7-23(5)31(18-21(2)3)41-33-25-12-8-10-14-29(25)39-35(37)27(33)20-28-34(42-32-19-22(4)16-17-24(32)6)26-13-9-11-15-30(26)40-36(28)38/h7-19H,2,20H2,1,3-6H3/b23-7-,31-18+. The van der Waals surface area contributed by atoms with E-state index in [-0.39, 0.29) is 6.42 Å². The topological polar surface area (TPSA) is 60.4 Å². The highest BCUT2D eigenvalue weighted by Crippen LogP contribution is 2.41. The maximum absolute atomic E-state index is 13.7. The van der Waals surface area contributed by atoms with Gasteiger partial charge in [-0.05, 0) is 75.6 Å². The highest BCUT2D eigenvalue weighted by atomic mass is 32.2. The van der Waals surface area contributed by atoms with Crippen molar-refractivity contribution in [3.05, 3.63) is 145 Å². The van der Waals surface area contributed by atoms with E-state index in [2.05, 4.69) is 38.6 Å². The quantitative estimate of drug-likeness (QED) is 0.102. The number of allylic oxidation sites excluding steroid dienone is 4. The molecular formula is C36H32O4S2. The van der Waals surface area contributed by atoms with E-state index in [9.17, 15) is 9.59 Å². The molecule has 5 aromatic rings. The van der Waals surface area contributed by atoms with Crippen LogP contribution < -0.4 is 11.3 Å². The number of hydrogen-bond donors (Lipinski definition) is 0. The lowest BCUT2D eigenvalue weighted by Gasteiger charge is -2.16. The molecule has 6 heteroatoms. The third kappa shape index (κ3) is 6.10. The fourth-order valence-corrected chi connectivity index (χ4v) is 7.23. The molecule has 0 aliphatic heterocycles. The SMILES string of the molecule is C=C(C)/C=C(Sc1c(Cc2c(Sc3cc(C)ccc3C)c3ccccc3oc2=O)c(=O)oc2ccccc12)\C(C)=C/C. The van der Waals surface area contributed by atoms with Gasteiger partial charge in [-0.3, -0.25) is 0 Å². The van der Waals surface area contributed by atoms with E-state index < -0.39 is 11.3 Å². The number of rotatable bonds is 8. The molecule has 0 fully saturated rings. The minimum absolute atomic E-state index is 0.0606.